The Morgan fingerprint density at radius 1 is 0.939 bits per heavy atom. The van der Waals surface area contributed by atoms with E-state index < -0.39 is 28.5 Å². The fourth-order valence-corrected chi connectivity index (χ4v) is 5.24. The molecule has 0 fully saturated rings. The van der Waals surface area contributed by atoms with E-state index in [-0.39, 0.29) is 28.6 Å². The van der Waals surface area contributed by atoms with Gasteiger partial charge in [0.15, 0.2) is 6.61 Å². The van der Waals surface area contributed by atoms with Crippen molar-refractivity contribution in [3.63, 3.8) is 0 Å². The molecule has 33 heavy (non-hydrogen) atoms. The van der Waals surface area contributed by atoms with E-state index in [1.54, 1.807) is 26.0 Å². The summed E-state index contributed by atoms with van der Waals surface area (Å²) in [6.45, 7) is 9.32. The minimum atomic E-state index is -3.86. The maximum Gasteiger partial charge on any atom is 0.338 e. The van der Waals surface area contributed by atoms with Gasteiger partial charge in [0.25, 0.3) is 5.91 Å². The number of benzene rings is 2. The SMILES string of the molecule is CCN(CC)c1ccc(NC(=O)COC(=O)c2ccc(Cl)c(S(=O)(=O)N(CC)CC)c2)cc1. The monoisotopic (exact) mass is 495 g/mol. The van der Waals surface area contributed by atoms with Gasteiger partial charge in [-0.05, 0) is 56.3 Å². The molecular formula is C23H30ClN3O5S. The van der Waals surface area contributed by atoms with Gasteiger partial charge < -0.3 is 15.0 Å². The lowest BCUT2D eigenvalue weighted by Crippen LogP contribution is -2.31. The maximum atomic E-state index is 12.8. The average molecular weight is 496 g/mol. The van der Waals surface area contributed by atoms with Gasteiger partial charge in [0.1, 0.15) is 4.90 Å². The predicted octanol–water partition coefficient (Wildman–Crippen LogP) is 4.01. The number of carbonyl (C=O) groups is 2. The summed E-state index contributed by atoms with van der Waals surface area (Å²) in [5.41, 5.74) is 1.61. The Kier molecular flexibility index (Phi) is 9.70. The summed E-state index contributed by atoms with van der Waals surface area (Å²) in [6.07, 6.45) is 0. The van der Waals surface area contributed by atoms with Crippen molar-refractivity contribution in [3.8, 4) is 0 Å². The van der Waals surface area contributed by atoms with E-state index >= 15 is 0 Å². The Labute approximate surface area is 200 Å². The minimum absolute atomic E-state index is 0.00403. The van der Waals surface area contributed by atoms with Crippen LogP contribution in [0.4, 0.5) is 11.4 Å². The molecule has 2 aromatic rings. The van der Waals surface area contributed by atoms with Crippen molar-refractivity contribution in [1.82, 2.24) is 4.31 Å². The van der Waals surface area contributed by atoms with Gasteiger partial charge in [0.2, 0.25) is 10.0 Å². The van der Waals surface area contributed by atoms with Crippen LogP contribution in [0, 0.1) is 0 Å². The topological polar surface area (TPSA) is 96.0 Å². The first kappa shape index (κ1) is 26.6. The van der Waals surface area contributed by atoms with Crippen molar-refractivity contribution in [2.24, 2.45) is 0 Å². The minimum Gasteiger partial charge on any atom is -0.452 e. The second-order valence-electron chi connectivity index (χ2n) is 7.08. The molecule has 10 heteroatoms. The molecule has 0 unspecified atom stereocenters. The van der Waals surface area contributed by atoms with Crippen LogP contribution in [0.5, 0.6) is 0 Å². The standard InChI is InChI=1S/C23H30ClN3O5S/c1-5-26(6-2)19-12-10-18(11-13-19)25-22(28)16-32-23(29)17-9-14-20(24)21(15-17)33(30,31)27(7-3)8-4/h9-15H,5-8,16H2,1-4H3,(H,25,28). The molecule has 0 saturated carbocycles. The van der Waals surface area contributed by atoms with Gasteiger partial charge in [-0.1, -0.05) is 25.4 Å². The molecular weight excluding hydrogens is 466 g/mol. The van der Waals surface area contributed by atoms with E-state index in [9.17, 15) is 18.0 Å². The summed E-state index contributed by atoms with van der Waals surface area (Å²) in [4.78, 5) is 26.6. The van der Waals surface area contributed by atoms with Crippen LogP contribution in [0.15, 0.2) is 47.4 Å². The number of hydrogen-bond acceptors (Lipinski definition) is 6. The van der Waals surface area contributed by atoms with Crippen molar-refractivity contribution in [1.29, 1.82) is 0 Å². The van der Waals surface area contributed by atoms with E-state index in [0.29, 0.717) is 5.69 Å². The summed E-state index contributed by atoms with van der Waals surface area (Å²) in [7, 11) is -3.86. The number of amides is 1. The number of halogens is 1. The van der Waals surface area contributed by atoms with Gasteiger partial charge in [-0.3, -0.25) is 4.79 Å². The lowest BCUT2D eigenvalue weighted by atomic mass is 10.2. The van der Waals surface area contributed by atoms with E-state index in [1.165, 1.54) is 22.5 Å². The molecule has 2 aromatic carbocycles. The van der Waals surface area contributed by atoms with Crippen molar-refractivity contribution in [3.05, 3.63) is 53.1 Å². The molecule has 0 aliphatic heterocycles. The number of ether oxygens (including phenoxy) is 1. The normalized spacial score (nSPS) is 11.3. The van der Waals surface area contributed by atoms with Crippen molar-refractivity contribution < 1.29 is 22.7 Å². The van der Waals surface area contributed by atoms with Crippen molar-refractivity contribution >= 4 is 44.9 Å². The van der Waals surface area contributed by atoms with Gasteiger partial charge in [-0.15, -0.1) is 0 Å². The number of rotatable bonds is 11. The Balaban J connectivity index is 2.04. The van der Waals surface area contributed by atoms with E-state index in [0.717, 1.165) is 18.8 Å². The van der Waals surface area contributed by atoms with Crippen LogP contribution < -0.4 is 10.2 Å². The summed E-state index contributed by atoms with van der Waals surface area (Å²) in [5.74, 6) is -1.33. The lowest BCUT2D eigenvalue weighted by molar-refractivity contribution is -0.119. The highest BCUT2D eigenvalue weighted by molar-refractivity contribution is 7.89. The highest BCUT2D eigenvalue weighted by atomic mass is 35.5. The molecule has 0 atom stereocenters. The van der Waals surface area contributed by atoms with Crippen LogP contribution in [-0.2, 0) is 19.6 Å². The summed E-state index contributed by atoms with van der Waals surface area (Å²) >= 11 is 6.09. The Morgan fingerprint density at radius 3 is 2.09 bits per heavy atom. The molecule has 0 radical (unpaired) electrons. The van der Waals surface area contributed by atoms with Gasteiger partial charge in [0, 0.05) is 37.6 Å². The van der Waals surface area contributed by atoms with E-state index in [2.05, 4.69) is 24.1 Å². The lowest BCUT2D eigenvalue weighted by Gasteiger charge is -2.21. The first-order valence-electron chi connectivity index (χ1n) is 10.8. The van der Waals surface area contributed by atoms with Gasteiger partial charge in [-0.25, -0.2) is 13.2 Å². The zero-order valence-electron chi connectivity index (χ0n) is 19.3. The van der Waals surface area contributed by atoms with Gasteiger partial charge in [0.05, 0.1) is 10.6 Å². The van der Waals surface area contributed by atoms with Gasteiger partial charge >= 0.3 is 5.97 Å². The fourth-order valence-electron chi connectivity index (χ4n) is 3.29. The first-order valence-corrected chi connectivity index (χ1v) is 12.6. The van der Waals surface area contributed by atoms with E-state index in [4.69, 9.17) is 16.3 Å². The quantitative estimate of drug-likeness (QED) is 0.473. The maximum absolute atomic E-state index is 12.8. The van der Waals surface area contributed by atoms with Crippen LogP contribution >= 0.6 is 11.6 Å². The highest BCUT2D eigenvalue weighted by Gasteiger charge is 2.26. The molecule has 0 aliphatic rings. The van der Waals surface area contributed by atoms with Crippen molar-refractivity contribution in [2.75, 3.05) is 43.0 Å². The van der Waals surface area contributed by atoms with Crippen LogP contribution in [-0.4, -0.2) is 57.4 Å². The van der Waals surface area contributed by atoms with E-state index in [1.807, 2.05) is 12.1 Å². The predicted molar refractivity (Wildman–Crippen MR) is 130 cm³/mol. The molecule has 1 amide bonds. The Morgan fingerprint density at radius 2 is 1.55 bits per heavy atom. The third kappa shape index (κ3) is 6.69. The number of nitrogens with zero attached hydrogens (tertiary/aromatic N) is 2. The molecule has 0 spiro atoms. The highest BCUT2D eigenvalue weighted by Crippen LogP contribution is 2.26. The third-order valence-electron chi connectivity index (χ3n) is 5.10. The number of carbonyl (C=O) groups excluding carboxylic acids is 2. The van der Waals surface area contributed by atoms with Crippen LogP contribution in [0.2, 0.25) is 5.02 Å². The van der Waals surface area contributed by atoms with Crippen LogP contribution in [0.3, 0.4) is 0 Å². The Bertz CT molecular complexity index is 1070. The zero-order chi connectivity index (χ0) is 24.6. The Hall–Kier alpha value is -2.62. The first-order chi connectivity index (χ1) is 15.7. The molecule has 8 nitrogen and oxygen atoms in total. The number of sulfonamides is 1. The number of nitrogens with one attached hydrogen (secondary N) is 1. The second kappa shape index (κ2) is 12.0. The smallest absolute Gasteiger partial charge is 0.338 e. The third-order valence-corrected chi connectivity index (χ3v) is 7.64. The van der Waals surface area contributed by atoms with Crippen LogP contribution in [0.25, 0.3) is 0 Å². The molecule has 0 saturated heterocycles. The molecule has 0 bridgehead atoms. The summed E-state index contributed by atoms with van der Waals surface area (Å²) < 4.78 is 31.9. The fraction of sp³-hybridized carbons (Fsp3) is 0.391. The second-order valence-corrected chi connectivity index (χ2v) is 9.39. The summed E-state index contributed by atoms with van der Waals surface area (Å²) in [6, 6.07) is 11.2. The van der Waals surface area contributed by atoms with Crippen molar-refractivity contribution in [2.45, 2.75) is 32.6 Å². The molecule has 180 valence electrons. The number of anilines is 2. The molecule has 0 aliphatic carbocycles. The number of hydrogen-bond donors (Lipinski definition) is 1. The molecule has 2 rings (SSSR count). The average Bonchev–Trinajstić information content (AvgIpc) is 2.80. The number of esters is 1. The van der Waals surface area contributed by atoms with Crippen LogP contribution in [0.1, 0.15) is 38.1 Å². The molecule has 0 heterocycles. The zero-order valence-corrected chi connectivity index (χ0v) is 20.9. The molecule has 0 aromatic heterocycles. The largest absolute Gasteiger partial charge is 0.452 e. The molecule has 1 N–H and O–H groups in total. The van der Waals surface area contributed by atoms with Gasteiger partial charge in [-0.2, -0.15) is 4.31 Å². The summed E-state index contributed by atoms with van der Waals surface area (Å²) in [5, 5.41) is 2.67.